The number of H-pyrrole nitrogens is 1. The number of aromatic amines is 1. The van der Waals surface area contributed by atoms with E-state index in [1.807, 2.05) is 0 Å². The Balaban J connectivity index is 1.92. The quantitative estimate of drug-likeness (QED) is 0.749. The lowest BCUT2D eigenvalue weighted by molar-refractivity contribution is 0.195. The fourth-order valence-corrected chi connectivity index (χ4v) is 1.72. The number of rotatable bonds is 2. The molecule has 3 rings (SSSR count). The zero-order valence-corrected chi connectivity index (χ0v) is 8.10. The number of nitrogens with one attached hydrogen (secondary N) is 2. The first kappa shape index (κ1) is 8.60. The Hall–Kier alpha value is -1.69. The summed E-state index contributed by atoms with van der Waals surface area (Å²) in [7, 11) is 0. The van der Waals surface area contributed by atoms with Crippen molar-refractivity contribution in [1.82, 2.24) is 19.9 Å². The van der Waals surface area contributed by atoms with Gasteiger partial charge in [-0.1, -0.05) is 0 Å². The maximum Gasteiger partial charge on any atom is 0.182 e. The van der Waals surface area contributed by atoms with Crippen molar-refractivity contribution in [3.8, 4) is 0 Å². The van der Waals surface area contributed by atoms with E-state index >= 15 is 0 Å². The molecule has 0 radical (unpaired) electrons. The number of aromatic nitrogens is 4. The molecule has 0 aromatic carbocycles. The normalized spacial score (nSPS) is 20.9. The van der Waals surface area contributed by atoms with Crippen molar-refractivity contribution >= 4 is 17.0 Å². The highest BCUT2D eigenvalue weighted by molar-refractivity contribution is 5.82. The summed E-state index contributed by atoms with van der Waals surface area (Å²) >= 11 is 0. The van der Waals surface area contributed by atoms with Gasteiger partial charge in [0.15, 0.2) is 11.5 Å². The summed E-state index contributed by atoms with van der Waals surface area (Å²) in [6, 6.07) is 0.339. The molecule has 15 heavy (non-hydrogen) atoms. The van der Waals surface area contributed by atoms with Crippen LogP contribution < -0.4 is 5.32 Å². The van der Waals surface area contributed by atoms with Gasteiger partial charge in [0.1, 0.15) is 11.8 Å². The third-order valence-electron chi connectivity index (χ3n) is 2.49. The van der Waals surface area contributed by atoms with E-state index in [0.29, 0.717) is 11.7 Å². The summed E-state index contributed by atoms with van der Waals surface area (Å²) in [5.74, 6) is 0.799. The number of nitrogens with zero attached hydrogens (tertiary/aromatic N) is 3. The van der Waals surface area contributed by atoms with Gasteiger partial charge in [-0.15, -0.1) is 0 Å². The Morgan fingerprint density at radius 3 is 3.27 bits per heavy atom. The van der Waals surface area contributed by atoms with Crippen LogP contribution in [-0.4, -0.2) is 39.2 Å². The number of imidazole rings is 1. The highest BCUT2D eigenvalue weighted by atomic mass is 16.5. The van der Waals surface area contributed by atoms with E-state index < -0.39 is 0 Å². The Bertz CT molecular complexity index is 462. The Morgan fingerprint density at radius 2 is 2.40 bits per heavy atom. The molecule has 0 saturated carbocycles. The molecule has 0 amide bonds. The molecule has 1 aliphatic heterocycles. The van der Waals surface area contributed by atoms with Gasteiger partial charge < -0.3 is 15.0 Å². The molecule has 1 fully saturated rings. The third-order valence-corrected chi connectivity index (χ3v) is 2.49. The van der Waals surface area contributed by atoms with Crippen LogP contribution in [0.5, 0.6) is 0 Å². The fraction of sp³-hybridized carbons (Fsp3) is 0.444. The molecule has 0 spiro atoms. The van der Waals surface area contributed by atoms with E-state index in [4.69, 9.17) is 4.74 Å². The van der Waals surface area contributed by atoms with Gasteiger partial charge in [-0.05, 0) is 6.42 Å². The molecule has 6 nitrogen and oxygen atoms in total. The largest absolute Gasteiger partial charge is 0.379 e. The van der Waals surface area contributed by atoms with Gasteiger partial charge in [0.2, 0.25) is 0 Å². The van der Waals surface area contributed by atoms with Gasteiger partial charge in [-0.2, -0.15) is 0 Å². The number of ether oxygens (including phenoxy) is 1. The lowest BCUT2D eigenvalue weighted by Gasteiger charge is -2.10. The van der Waals surface area contributed by atoms with Crippen LogP contribution in [0.15, 0.2) is 12.7 Å². The van der Waals surface area contributed by atoms with Gasteiger partial charge >= 0.3 is 0 Å². The molecule has 1 saturated heterocycles. The molecule has 2 aromatic heterocycles. The first-order valence-electron chi connectivity index (χ1n) is 4.92. The fourth-order valence-electron chi connectivity index (χ4n) is 1.72. The van der Waals surface area contributed by atoms with Crippen molar-refractivity contribution < 1.29 is 4.74 Å². The summed E-state index contributed by atoms with van der Waals surface area (Å²) in [4.78, 5) is 15.3. The van der Waals surface area contributed by atoms with Crippen LogP contribution in [0.1, 0.15) is 6.42 Å². The Morgan fingerprint density at radius 1 is 1.40 bits per heavy atom. The second-order valence-corrected chi connectivity index (χ2v) is 3.53. The standard InChI is InChI=1S/C9H11N5O/c1-2-15-3-6(1)14-9-7-8(11-4-10-7)12-5-13-9/h4-6H,1-3H2,(H2,10,11,12,13,14). The predicted octanol–water partition coefficient (Wildman–Crippen LogP) is 0.554. The molecule has 3 heterocycles. The van der Waals surface area contributed by atoms with Gasteiger partial charge in [0, 0.05) is 6.61 Å². The minimum atomic E-state index is 0.339. The Labute approximate surface area is 86.1 Å². The van der Waals surface area contributed by atoms with E-state index in [-0.39, 0.29) is 0 Å². The van der Waals surface area contributed by atoms with Crippen molar-refractivity contribution in [2.24, 2.45) is 0 Å². The maximum atomic E-state index is 5.29. The first-order valence-corrected chi connectivity index (χ1v) is 4.92. The van der Waals surface area contributed by atoms with Crippen LogP contribution in [0.2, 0.25) is 0 Å². The smallest absolute Gasteiger partial charge is 0.182 e. The van der Waals surface area contributed by atoms with Gasteiger partial charge in [-0.25, -0.2) is 15.0 Å². The van der Waals surface area contributed by atoms with E-state index in [9.17, 15) is 0 Å². The molecular formula is C9H11N5O. The number of fused-ring (bicyclic) bond motifs is 1. The maximum absolute atomic E-state index is 5.29. The molecule has 6 heteroatoms. The summed E-state index contributed by atoms with van der Waals surface area (Å²) in [6.07, 6.45) is 4.15. The molecule has 1 atom stereocenters. The van der Waals surface area contributed by atoms with E-state index in [1.165, 1.54) is 6.33 Å². The number of hydrogen-bond donors (Lipinski definition) is 2. The monoisotopic (exact) mass is 205 g/mol. The lowest BCUT2D eigenvalue weighted by atomic mass is 10.2. The molecule has 2 N–H and O–H groups in total. The molecular weight excluding hydrogens is 194 g/mol. The summed E-state index contributed by atoms with van der Waals surface area (Å²) in [5, 5.41) is 3.32. The third kappa shape index (κ3) is 1.52. The van der Waals surface area contributed by atoms with Crippen LogP contribution in [-0.2, 0) is 4.74 Å². The van der Waals surface area contributed by atoms with Crippen molar-refractivity contribution in [3.63, 3.8) is 0 Å². The van der Waals surface area contributed by atoms with Crippen molar-refractivity contribution in [1.29, 1.82) is 0 Å². The average molecular weight is 205 g/mol. The van der Waals surface area contributed by atoms with Crippen molar-refractivity contribution in [3.05, 3.63) is 12.7 Å². The predicted molar refractivity (Wildman–Crippen MR) is 54.5 cm³/mol. The van der Waals surface area contributed by atoms with Crippen LogP contribution >= 0.6 is 0 Å². The van der Waals surface area contributed by atoms with Gasteiger partial charge in [-0.3, -0.25) is 0 Å². The van der Waals surface area contributed by atoms with Crippen LogP contribution in [0.25, 0.3) is 11.2 Å². The van der Waals surface area contributed by atoms with E-state index in [2.05, 4.69) is 25.3 Å². The molecule has 1 aliphatic rings. The zero-order chi connectivity index (χ0) is 10.1. The summed E-state index contributed by atoms with van der Waals surface area (Å²) in [5.41, 5.74) is 1.54. The van der Waals surface area contributed by atoms with Crippen molar-refractivity contribution in [2.45, 2.75) is 12.5 Å². The molecule has 78 valence electrons. The zero-order valence-electron chi connectivity index (χ0n) is 8.10. The molecule has 1 unspecified atom stereocenters. The van der Waals surface area contributed by atoms with Gasteiger partial charge in [0.05, 0.1) is 19.0 Å². The summed E-state index contributed by atoms with van der Waals surface area (Å²) in [6.45, 7) is 1.55. The highest BCUT2D eigenvalue weighted by Gasteiger charge is 2.17. The summed E-state index contributed by atoms with van der Waals surface area (Å²) < 4.78 is 5.29. The first-order chi connectivity index (χ1) is 7.43. The minimum absolute atomic E-state index is 0.339. The second kappa shape index (κ2) is 3.47. The minimum Gasteiger partial charge on any atom is -0.379 e. The lowest BCUT2D eigenvalue weighted by Crippen LogP contribution is -2.19. The Kier molecular flexibility index (Phi) is 1.99. The SMILES string of the molecule is c1nc(NC2CCOC2)c2[nH]cnc2n1. The van der Waals surface area contributed by atoms with Crippen molar-refractivity contribution in [2.75, 3.05) is 18.5 Å². The van der Waals surface area contributed by atoms with Crippen LogP contribution in [0, 0.1) is 0 Å². The molecule has 2 aromatic rings. The number of hydrogen-bond acceptors (Lipinski definition) is 5. The van der Waals surface area contributed by atoms with E-state index in [1.54, 1.807) is 6.33 Å². The van der Waals surface area contributed by atoms with Gasteiger partial charge in [0.25, 0.3) is 0 Å². The average Bonchev–Trinajstić information content (AvgIpc) is 2.87. The number of anilines is 1. The topological polar surface area (TPSA) is 75.7 Å². The van der Waals surface area contributed by atoms with E-state index in [0.717, 1.165) is 31.0 Å². The molecule has 0 bridgehead atoms. The second-order valence-electron chi connectivity index (χ2n) is 3.53. The van der Waals surface area contributed by atoms with Crippen LogP contribution in [0.3, 0.4) is 0 Å². The van der Waals surface area contributed by atoms with Crippen LogP contribution in [0.4, 0.5) is 5.82 Å². The highest BCUT2D eigenvalue weighted by Crippen LogP contribution is 2.17. The molecule has 0 aliphatic carbocycles.